The molecule has 0 atom stereocenters. The zero-order valence-electron chi connectivity index (χ0n) is 6.20. The van der Waals surface area contributed by atoms with Crippen molar-refractivity contribution in [2.24, 2.45) is 0 Å². The van der Waals surface area contributed by atoms with Crippen molar-refractivity contribution in [1.82, 2.24) is 4.98 Å². The molecule has 1 aromatic heterocycles. The molecule has 0 aliphatic carbocycles. The molecular formula is C7H4Br2ClF2N. The summed E-state index contributed by atoms with van der Waals surface area (Å²) < 4.78 is 25.5. The number of rotatable bonds is 2. The Morgan fingerprint density at radius 1 is 1.46 bits per heavy atom. The maximum absolute atomic E-state index is 12.3. The highest BCUT2D eigenvalue weighted by Gasteiger charge is 2.17. The number of alkyl halides is 3. The third-order valence-electron chi connectivity index (χ3n) is 1.44. The Kier molecular flexibility index (Phi) is 4.06. The molecule has 1 heterocycles. The quantitative estimate of drug-likeness (QED) is 0.735. The third kappa shape index (κ3) is 2.39. The van der Waals surface area contributed by atoms with Gasteiger partial charge in [0.1, 0.15) is 5.69 Å². The molecule has 0 bridgehead atoms. The lowest BCUT2D eigenvalue weighted by Gasteiger charge is -2.07. The van der Waals surface area contributed by atoms with E-state index in [-0.39, 0.29) is 16.0 Å². The van der Waals surface area contributed by atoms with E-state index in [9.17, 15) is 8.78 Å². The van der Waals surface area contributed by atoms with E-state index in [0.29, 0.717) is 10.0 Å². The lowest BCUT2D eigenvalue weighted by molar-refractivity contribution is 0.145. The van der Waals surface area contributed by atoms with Crippen LogP contribution in [0.1, 0.15) is 17.7 Å². The number of aromatic nitrogens is 1. The molecular weight excluding hydrogens is 331 g/mol. The molecule has 1 aromatic rings. The van der Waals surface area contributed by atoms with E-state index in [2.05, 4.69) is 36.8 Å². The van der Waals surface area contributed by atoms with Gasteiger partial charge in [-0.3, -0.25) is 4.98 Å². The van der Waals surface area contributed by atoms with Gasteiger partial charge in [-0.2, -0.15) is 0 Å². The molecule has 0 radical (unpaired) electrons. The summed E-state index contributed by atoms with van der Waals surface area (Å²) in [4.78, 5) is 3.58. The van der Waals surface area contributed by atoms with E-state index < -0.39 is 6.43 Å². The van der Waals surface area contributed by atoms with Gasteiger partial charge in [-0.1, -0.05) is 0 Å². The summed E-state index contributed by atoms with van der Waals surface area (Å²) in [5, 5.41) is 0. The van der Waals surface area contributed by atoms with Crippen molar-refractivity contribution >= 4 is 43.5 Å². The predicted molar refractivity (Wildman–Crippen MR) is 54.2 cm³/mol. The van der Waals surface area contributed by atoms with E-state index in [1.165, 1.54) is 6.20 Å². The molecule has 6 heteroatoms. The highest BCUT2D eigenvalue weighted by molar-refractivity contribution is 9.11. The first-order valence-corrected chi connectivity index (χ1v) is 5.36. The minimum atomic E-state index is -2.59. The van der Waals surface area contributed by atoms with Crippen LogP contribution in [0.25, 0.3) is 0 Å². The summed E-state index contributed by atoms with van der Waals surface area (Å²) in [7, 11) is 0. The maximum atomic E-state index is 12.3. The van der Waals surface area contributed by atoms with Gasteiger partial charge in [0.25, 0.3) is 6.43 Å². The monoisotopic (exact) mass is 333 g/mol. The Bertz CT molecular complexity index is 320. The second-order valence-corrected chi connectivity index (χ2v) is 4.13. The normalized spacial score (nSPS) is 10.9. The van der Waals surface area contributed by atoms with Crippen molar-refractivity contribution in [2.75, 3.05) is 0 Å². The van der Waals surface area contributed by atoms with Gasteiger partial charge >= 0.3 is 0 Å². The molecule has 0 aliphatic heterocycles. The average Bonchev–Trinajstić information content (AvgIpc) is 2.04. The van der Waals surface area contributed by atoms with Crippen LogP contribution in [0.15, 0.2) is 15.1 Å². The Morgan fingerprint density at radius 3 is 2.54 bits per heavy atom. The fourth-order valence-corrected chi connectivity index (χ4v) is 2.73. The second kappa shape index (κ2) is 4.66. The molecule has 0 N–H and O–H groups in total. The van der Waals surface area contributed by atoms with E-state index in [4.69, 9.17) is 11.6 Å². The van der Waals surface area contributed by atoms with Crippen LogP contribution in [0.4, 0.5) is 8.78 Å². The van der Waals surface area contributed by atoms with Crippen LogP contribution in [0, 0.1) is 0 Å². The van der Waals surface area contributed by atoms with E-state index in [1.807, 2.05) is 0 Å². The standard InChI is InChI=1S/C7H4Br2ClF2N/c8-4-2-13-6(7(11)12)5(9)3(4)1-10/h2,7H,1H2. The Balaban J connectivity index is 3.27. The molecule has 13 heavy (non-hydrogen) atoms. The molecule has 0 saturated carbocycles. The van der Waals surface area contributed by atoms with E-state index >= 15 is 0 Å². The molecule has 0 amide bonds. The Labute approximate surface area is 95.8 Å². The van der Waals surface area contributed by atoms with Gasteiger partial charge in [0.15, 0.2) is 0 Å². The van der Waals surface area contributed by atoms with Crippen LogP contribution in [0.5, 0.6) is 0 Å². The molecule has 0 fully saturated rings. The smallest absolute Gasteiger partial charge is 0.253 e. The van der Waals surface area contributed by atoms with Gasteiger partial charge in [0, 0.05) is 16.5 Å². The van der Waals surface area contributed by atoms with Crippen LogP contribution >= 0.6 is 43.5 Å². The fraction of sp³-hybridized carbons (Fsp3) is 0.286. The van der Waals surface area contributed by atoms with Crippen LogP contribution in [0.3, 0.4) is 0 Å². The first-order valence-electron chi connectivity index (χ1n) is 3.24. The summed E-state index contributed by atoms with van der Waals surface area (Å²) in [5.74, 6) is 0.156. The number of pyridine rings is 1. The number of nitrogens with zero attached hydrogens (tertiary/aromatic N) is 1. The van der Waals surface area contributed by atoms with Crippen LogP contribution < -0.4 is 0 Å². The second-order valence-electron chi connectivity index (χ2n) is 2.22. The van der Waals surface area contributed by atoms with Gasteiger partial charge in [0.05, 0.1) is 4.47 Å². The minimum Gasteiger partial charge on any atom is -0.253 e. The number of hydrogen-bond donors (Lipinski definition) is 0. The fourth-order valence-electron chi connectivity index (χ4n) is 0.795. The average molecular weight is 335 g/mol. The van der Waals surface area contributed by atoms with E-state index in [0.717, 1.165) is 0 Å². The van der Waals surface area contributed by atoms with Crippen molar-refractivity contribution in [1.29, 1.82) is 0 Å². The lowest BCUT2D eigenvalue weighted by Crippen LogP contribution is -1.96. The van der Waals surface area contributed by atoms with Gasteiger partial charge in [-0.25, -0.2) is 8.78 Å². The maximum Gasteiger partial charge on any atom is 0.281 e. The van der Waals surface area contributed by atoms with Crippen molar-refractivity contribution in [3.8, 4) is 0 Å². The molecule has 1 nitrogen and oxygen atoms in total. The van der Waals surface area contributed by atoms with Crippen LogP contribution in [0.2, 0.25) is 0 Å². The van der Waals surface area contributed by atoms with Gasteiger partial charge in [-0.15, -0.1) is 11.6 Å². The van der Waals surface area contributed by atoms with E-state index in [1.54, 1.807) is 0 Å². The molecule has 1 rings (SSSR count). The molecule has 0 unspecified atom stereocenters. The zero-order chi connectivity index (χ0) is 10.0. The first-order chi connectivity index (χ1) is 6.07. The molecule has 0 aliphatic rings. The molecule has 72 valence electrons. The molecule has 0 saturated heterocycles. The molecule has 0 aromatic carbocycles. The lowest BCUT2D eigenvalue weighted by atomic mass is 10.2. The summed E-state index contributed by atoms with van der Waals surface area (Å²) >= 11 is 11.8. The van der Waals surface area contributed by atoms with Crippen LogP contribution in [-0.2, 0) is 5.88 Å². The zero-order valence-corrected chi connectivity index (χ0v) is 10.1. The van der Waals surface area contributed by atoms with Crippen LogP contribution in [-0.4, -0.2) is 4.98 Å². The van der Waals surface area contributed by atoms with Crippen molar-refractivity contribution in [3.63, 3.8) is 0 Å². The number of halogens is 5. The topological polar surface area (TPSA) is 12.9 Å². The first kappa shape index (κ1) is 11.3. The van der Waals surface area contributed by atoms with Gasteiger partial charge < -0.3 is 0 Å². The Hall–Kier alpha value is 0.260. The third-order valence-corrected chi connectivity index (χ3v) is 3.27. The highest BCUT2D eigenvalue weighted by Crippen LogP contribution is 2.33. The highest BCUT2D eigenvalue weighted by atomic mass is 79.9. The summed E-state index contributed by atoms with van der Waals surface area (Å²) in [6, 6.07) is 0. The summed E-state index contributed by atoms with van der Waals surface area (Å²) in [5.41, 5.74) is 0.311. The van der Waals surface area contributed by atoms with Crippen molar-refractivity contribution in [2.45, 2.75) is 12.3 Å². The SMILES string of the molecule is FC(F)c1ncc(Br)c(CCl)c1Br. The summed E-state index contributed by atoms with van der Waals surface area (Å²) in [6.07, 6.45) is -1.27. The summed E-state index contributed by atoms with van der Waals surface area (Å²) in [6.45, 7) is 0. The number of hydrogen-bond acceptors (Lipinski definition) is 1. The predicted octanol–water partition coefficient (Wildman–Crippen LogP) is 4.28. The van der Waals surface area contributed by atoms with Gasteiger partial charge in [0.2, 0.25) is 0 Å². The largest absolute Gasteiger partial charge is 0.281 e. The van der Waals surface area contributed by atoms with Crippen molar-refractivity contribution in [3.05, 3.63) is 26.4 Å². The molecule has 0 spiro atoms. The minimum absolute atomic E-state index is 0.156. The Morgan fingerprint density at radius 2 is 2.08 bits per heavy atom. The van der Waals surface area contributed by atoms with Gasteiger partial charge in [-0.05, 0) is 37.4 Å². The van der Waals surface area contributed by atoms with Crippen molar-refractivity contribution < 1.29 is 8.78 Å².